The van der Waals surface area contributed by atoms with E-state index in [9.17, 15) is 4.79 Å². The third-order valence-electron chi connectivity index (χ3n) is 3.66. The Kier molecular flexibility index (Phi) is 5.09. The van der Waals surface area contributed by atoms with Gasteiger partial charge in [0.25, 0.3) is 0 Å². The first-order valence-corrected chi connectivity index (χ1v) is 8.81. The number of allylic oxidation sites excluding steroid dienone is 1. The molecule has 0 aliphatic heterocycles. The van der Waals surface area contributed by atoms with Crippen molar-refractivity contribution >= 4 is 23.2 Å². The minimum Gasteiger partial charge on any atom is -0.497 e. The molecule has 25 heavy (non-hydrogen) atoms. The lowest BCUT2D eigenvalue weighted by Gasteiger charge is -2.02. The van der Waals surface area contributed by atoms with Crippen molar-refractivity contribution in [1.82, 2.24) is 14.8 Å². The monoisotopic (exact) mass is 353 g/mol. The van der Waals surface area contributed by atoms with E-state index in [2.05, 4.69) is 10.1 Å². The average molecular weight is 353 g/mol. The molecule has 0 saturated heterocycles. The number of carbonyl (C=O) groups is 1. The summed E-state index contributed by atoms with van der Waals surface area (Å²) >= 11 is 1.53. The summed E-state index contributed by atoms with van der Waals surface area (Å²) in [6.45, 7) is 4.04. The second kappa shape index (κ2) is 7.44. The first-order chi connectivity index (χ1) is 12.1. The highest BCUT2D eigenvalue weighted by Crippen LogP contribution is 2.27. The predicted octanol–water partition coefficient (Wildman–Crippen LogP) is 4.49. The van der Waals surface area contributed by atoms with Gasteiger partial charge in [-0.3, -0.25) is 9.48 Å². The molecule has 0 fully saturated rings. The van der Waals surface area contributed by atoms with Crippen LogP contribution in [-0.2, 0) is 0 Å². The maximum absolute atomic E-state index is 12.2. The van der Waals surface area contributed by atoms with Crippen LogP contribution in [-0.4, -0.2) is 27.7 Å². The number of rotatable bonds is 6. The summed E-state index contributed by atoms with van der Waals surface area (Å²) < 4.78 is 7.01. The molecule has 5 nitrogen and oxygen atoms in total. The molecule has 0 atom stereocenters. The summed E-state index contributed by atoms with van der Waals surface area (Å²) in [6.07, 6.45) is 6.62. The van der Waals surface area contributed by atoms with Gasteiger partial charge in [-0.05, 0) is 38.1 Å². The minimum atomic E-state index is -0.0807. The van der Waals surface area contributed by atoms with Gasteiger partial charge in [-0.25, -0.2) is 4.98 Å². The fourth-order valence-electron chi connectivity index (χ4n) is 2.26. The molecule has 0 saturated carbocycles. The zero-order valence-corrected chi connectivity index (χ0v) is 15.2. The van der Waals surface area contributed by atoms with Crippen molar-refractivity contribution < 1.29 is 9.53 Å². The van der Waals surface area contributed by atoms with Crippen molar-refractivity contribution in [2.75, 3.05) is 7.11 Å². The smallest absolute Gasteiger partial charge is 0.189 e. The molecule has 2 heterocycles. The Labute approximate surface area is 150 Å². The molecule has 3 rings (SSSR count). The summed E-state index contributed by atoms with van der Waals surface area (Å²) in [5.41, 5.74) is 2.33. The van der Waals surface area contributed by atoms with Crippen LogP contribution in [0.3, 0.4) is 0 Å². The third kappa shape index (κ3) is 4.03. The van der Waals surface area contributed by atoms with Gasteiger partial charge in [-0.1, -0.05) is 12.1 Å². The number of hydrogen-bond acceptors (Lipinski definition) is 5. The Hall–Kier alpha value is -2.73. The normalized spacial score (nSPS) is 11.4. The van der Waals surface area contributed by atoms with Gasteiger partial charge in [0.1, 0.15) is 10.8 Å². The van der Waals surface area contributed by atoms with Crippen LogP contribution in [0.1, 0.15) is 35.9 Å². The molecule has 0 amide bonds. The fourth-order valence-corrected chi connectivity index (χ4v) is 3.04. The van der Waals surface area contributed by atoms with Crippen LogP contribution < -0.4 is 4.74 Å². The van der Waals surface area contributed by atoms with E-state index in [1.54, 1.807) is 30.3 Å². The second-order valence-corrected chi connectivity index (χ2v) is 6.67. The van der Waals surface area contributed by atoms with Crippen LogP contribution in [0.5, 0.6) is 5.75 Å². The van der Waals surface area contributed by atoms with Crippen LogP contribution in [0.15, 0.2) is 48.1 Å². The largest absolute Gasteiger partial charge is 0.497 e. The van der Waals surface area contributed by atoms with Crippen molar-refractivity contribution in [2.45, 2.75) is 19.9 Å². The molecule has 2 aromatic heterocycles. The summed E-state index contributed by atoms with van der Waals surface area (Å²) in [7, 11) is 1.64. The number of aromatic nitrogens is 3. The van der Waals surface area contributed by atoms with Crippen LogP contribution in [0.2, 0.25) is 0 Å². The van der Waals surface area contributed by atoms with Crippen molar-refractivity contribution in [3.63, 3.8) is 0 Å². The van der Waals surface area contributed by atoms with Gasteiger partial charge in [0.05, 0.1) is 24.6 Å². The van der Waals surface area contributed by atoms with Gasteiger partial charge in [0.2, 0.25) is 0 Å². The SMILES string of the molecule is COc1cccc(-c2nc(/C=C/C(=O)c3cnn(C(C)C)c3)cs2)c1. The van der Waals surface area contributed by atoms with Crippen molar-refractivity contribution in [1.29, 1.82) is 0 Å². The van der Waals surface area contributed by atoms with E-state index in [1.807, 2.05) is 43.5 Å². The number of thiazole rings is 1. The first kappa shape index (κ1) is 17.1. The van der Waals surface area contributed by atoms with E-state index in [-0.39, 0.29) is 11.8 Å². The quantitative estimate of drug-likeness (QED) is 0.484. The molecule has 0 spiro atoms. The molecule has 3 aromatic rings. The van der Waals surface area contributed by atoms with Crippen LogP contribution >= 0.6 is 11.3 Å². The third-order valence-corrected chi connectivity index (χ3v) is 4.57. The molecule has 128 valence electrons. The minimum absolute atomic E-state index is 0.0807. The number of benzene rings is 1. The Balaban J connectivity index is 1.73. The van der Waals surface area contributed by atoms with E-state index in [0.717, 1.165) is 22.0 Å². The molecule has 6 heteroatoms. The Morgan fingerprint density at radius 2 is 2.20 bits per heavy atom. The molecule has 0 N–H and O–H groups in total. The maximum atomic E-state index is 12.2. The number of methoxy groups -OCH3 is 1. The molecular weight excluding hydrogens is 334 g/mol. The van der Waals surface area contributed by atoms with Gasteiger partial charge in [0, 0.05) is 23.2 Å². The molecule has 0 bridgehead atoms. The highest BCUT2D eigenvalue weighted by Gasteiger charge is 2.08. The standard InChI is InChI=1S/C19H19N3O2S/c1-13(2)22-11-15(10-20-22)18(23)8-7-16-12-25-19(21-16)14-5-4-6-17(9-14)24-3/h4-13H,1-3H3/b8-7+. The van der Waals surface area contributed by atoms with Crippen molar-refractivity contribution in [2.24, 2.45) is 0 Å². The lowest BCUT2D eigenvalue weighted by molar-refractivity contribution is 0.104. The molecule has 0 unspecified atom stereocenters. The van der Waals surface area contributed by atoms with Crippen LogP contribution in [0.25, 0.3) is 16.6 Å². The number of carbonyl (C=O) groups excluding carboxylic acids is 1. The Morgan fingerprint density at radius 3 is 2.92 bits per heavy atom. The highest BCUT2D eigenvalue weighted by molar-refractivity contribution is 7.13. The number of ketones is 1. The summed E-state index contributed by atoms with van der Waals surface area (Å²) in [5.74, 6) is 0.713. The molecule has 0 radical (unpaired) electrons. The number of ether oxygens (including phenoxy) is 1. The van der Waals surface area contributed by atoms with Gasteiger partial charge in [-0.2, -0.15) is 5.10 Å². The number of nitrogens with zero attached hydrogens (tertiary/aromatic N) is 3. The van der Waals surface area contributed by atoms with Gasteiger partial charge in [0.15, 0.2) is 5.78 Å². The van der Waals surface area contributed by atoms with Gasteiger partial charge >= 0.3 is 0 Å². The second-order valence-electron chi connectivity index (χ2n) is 5.81. The zero-order valence-electron chi connectivity index (χ0n) is 14.3. The predicted molar refractivity (Wildman–Crippen MR) is 100 cm³/mol. The molecule has 0 aliphatic carbocycles. The molecule has 0 aliphatic rings. The van der Waals surface area contributed by atoms with Crippen molar-refractivity contribution in [3.05, 3.63) is 59.4 Å². The fraction of sp³-hybridized carbons (Fsp3) is 0.211. The Bertz CT molecular complexity index is 909. The molecule has 1 aromatic carbocycles. The van der Waals surface area contributed by atoms with Gasteiger partial charge < -0.3 is 4.74 Å². The average Bonchev–Trinajstić information content (AvgIpc) is 3.29. The summed E-state index contributed by atoms with van der Waals surface area (Å²) in [5, 5.41) is 7.00. The lowest BCUT2D eigenvalue weighted by atomic mass is 10.2. The van der Waals surface area contributed by atoms with Gasteiger partial charge in [-0.15, -0.1) is 11.3 Å². The van der Waals surface area contributed by atoms with E-state index in [1.165, 1.54) is 17.4 Å². The summed E-state index contributed by atoms with van der Waals surface area (Å²) in [4.78, 5) is 16.8. The van der Waals surface area contributed by atoms with E-state index in [0.29, 0.717) is 5.56 Å². The zero-order chi connectivity index (χ0) is 17.8. The topological polar surface area (TPSA) is 57.0 Å². The highest BCUT2D eigenvalue weighted by atomic mass is 32.1. The van der Waals surface area contributed by atoms with E-state index >= 15 is 0 Å². The first-order valence-electron chi connectivity index (χ1n) is 7.93. The van der Waals surface area contributed by atoms with Crippen molar-refractivity contribution in [3.8, 4) is 16.3 Å². The number of hydrogen-bond donors (Lipinski definition) is 0. The van der Waals surface area contributed by atoms with E-state index in [4.69, 9.17) is 4.74 Å². The van der Waals surface area contributed by atoms with E-state index < -0.39 is 0 Å². The summed E-state index contributed by atoms with van der Waals surface area (Å²) in [6, 6.07) is 7.99. The lowest BCUT2D eigenvalue weighted by Crippen LogP contribution is -2.00. The molecular formula is C19H19N3O2S. The maximum Gasteiger partial charge on any atom is 0.189 e. The Morgan fingerprint density at radius 1 is 1.36 bits per heavy atom. The van der Waals surface area contributed by atoms with Crippen LogP contribution in [0, 0.1) is 0 Å². The van der Waals surface area contributed by atoms with Crippen LogP contribution in [0.4, 0.5) is 0 Å².